The lowest BCUT2D eigenvalue weighted by molar-refractivity contribution is 0.331. The highest BCUT2D eigenvalue weighted by Crippen LogP contribution is 2.30. The van der Waals surface area contributed by atoms with Crippen LogP contribution >= 0.6 is 0 Å². The molecule has 98 valence electrons. The molecule has 0 saturated heterocycles. The zero-order valence-corrected chi connectivity index (χ0v) is 12.4. The predicted octanol–water partition coefficient (Wildman–Crippen LogP) is 5.75. The first kappa shape index (κ1) is 14.5. The summed E-state index contributed by atoms with van der Waals surface area (Å²) in [6, 6.07) is 0. The summed E-state index contributed by atoms with van der Waals surface area (Å²) in [4.78, 5) is 0. The second kappa shape index (κ2) is 7.03. The quantitative estimate of drug-likeness (QED) is 0.533. The van der Waals surface area contributed by atoms with Gasteiger partial charge in [0.15, 0.2) is 0 Å². The van der Waals surface area contributed by atoms with Gasteiger partial charge in [-0.05, 0) is 50.9 Å². The van der Waals surface area contributed by atoms with Crippen LogP contribution in [-0.2, 0) is 0 Å². The van der Waals surface area contributed by atoms with Crippen LogP contribution in [0.15, 0.2) is 23.3 Å². The van der Waals surface area contributed by atoms with Crippen LogP contribution < -0.4 is 0 Å². The van der Waals surface area contributed by atoms with Crippen LogP contribution in [0.4, 0.5) is 0 Å². The summed E-state index contributed by atoms with van der Waals surface area (Å²) in [6.07, 6.45) is 11.5. The Morgan fingerprint density at radius 1 is 1.12 bits per heavy atom. The molecule has 0 heteroatoms. The second-order valence-electron chi connectivity index (χ2n) is 6.21. The Balaban J connectivity index is 2.81. The van der Waals surface area contributed by atoms with E-state index in [9.17, 15) is 0 Å². The van der Waals surface area contributed by atoms with E-state index in [0.29, 0.717) is 5.92 Å². The molecule has 1 aliphatic carbocycles. The van der Waals surface area contributed by atoms with Gasteiger partial charge in [-0.25, -0.2) is 0 Å². The molecule has 0 aromatic heterocycles. The van der Waals surface area contributed by atoms with Gasteiger partial charge in [0.2, 0.25) is 0 Å². The maximum absolute atomic E-state index is 2.50. The van der Waals surface area contributed by atoms with Gasteiger partial charge < -0.3 is 0 Å². The fourth-order valence-electron chi connectivity index (χ4n) is 3.24. The summed E-state index contributed by atoms with van der Waals surface area (Å²) in [6.45, 7) is 11.7. The van der Waals surface area contributed by atoms with E-state index in [1.807, 2.05) is 0 Å². The van der Waals surface area contributed by atoms with Crippen molar-refractivity contribution in [1.82, 2.24) is 0 Å². The van der Waals surface area contributed by atoms with Gasteiger partial charge in [-0.3, -0.25) is 0 Å². The summed E-state index contributed by atoms with van der Waals surface area (Å²) in [7, 11) is 0. The minimum Gasteiger partial charge on any atom is -0.0853 e. The van der Waals surface area contributed by atoms with Crippen molar-refractivity contribution in [2.75, 3.05) is 0 Å². The Hall–Kier alpha value is -0.520. The van der Waals surface area contributed by atoms with E-state index in [0.717, 1.165) is 11.8 Å². The number of rotatable bonds is 2. The van der Waals surface area contributed by atoms with E-state index in [-0.39, 0.29) is 0 Å². The smallest absolute Gasteiger partial charge is 0.0222 e. The van der Waals surface area contributed by atoms with Crippen LogP contribution in [0.25, 0.3) is 0 Å². The molecule has 0 bridgehead atoms. The Labute approximate surface area is 108 Å². The average Bonchev–Trinajstić information content (AvgIpc) is 2.22. The summed E-state index contributed by atoms with van der Waals surface area (Å²) in [5.41, 5.74) is 3.18. The first-order valence-electron chi connectivity index (χ1n) is 7.35. The van der Waals surface area contributed by atoms with Crippen molar-refractivity contribution >= 4 is 0 Å². The van der Waals surface area contributed by atoms with Crippen LogP contribution in [0, 0.1) is 17.8 Å². The molecule has 3 unspecified atom stereocenters. The SMILES string of the molecule is CCCC1CC=C(C)CC(C)C=C(C)CC1C. The third-order valence-corrected chi connectivity index (χ3v) is 4.09. The van der Waals surface area contributed by atoms with Crippen molar-refractivity contribution in [3.63, 3.8) is 0 Å². The zero-order chi connectivity index (χ0) is 12.8. The van der Waals surface area contributed by atoms with E-state index in [2.05, 4.69) is 46.8 Å². The van der Waals surface area contributed by atoms with E-state index in [4.69, 9.17) is 0 Å². The molecule has 0 amide bonds. The highest BCUT2D eigenvalue weighted by molar-refractivity contribution is 5.09. The monoisotopic (exact) mass is 234 g/mol. The predicted molar refractivity (Wildman–Crippen MR) is 78.1 cm³/mol. The molecule has 0 aromatic rings. The van der Waals surface area contributed by atoms with Gasteiger partial charge in [-0.2, -0.15) is 0 Å². The molecule has 0 aromatic carbocycles. The standard InChI is InChI=1S/C17H30/c1-6-7-17-9-8-13(2)10-14(3)11-15(4)12-16(17)5/h8,11,14,16-17H,6-7,9-10,12H2,1-5H3. The van der Waals surface area contributed by atoms with E-state index < -0.39 is 0 Å². The van der Waals surface area contributed by atoms with Crippen molar-refractivity contribution in [1.29, 1.82) is 0 Å². The van der Waals surface area contributed by atoms with Gasteiger partial charge in [0.1, 0.15) is 0 Å². The number of hydrogen-bond donors (Lipinski definition) is 0. The summed E-state index contributed by atoms with van der Waals surface area (Å²) in [5.74, 6) is 2.42. The Morgan fingerprint density at radius 3 is 2.47 bits per heavy atom. The van der Waals surface area contributed by atoms with Gasteiger partial charge in [0, 0.05) is 0 Å². The van der Waals surface area contributed by atoms with Crippen molar-refractivity contribution in [2.24, 2.45) is 17.8 Å². The van der Waals surface area contributed by atoms with Crippen LogP contribution in [0.5, 0.6) is 0 Å². The van der Waals surface area contributed by atoms with Crippen LogP contribution in [0.3, 0.4) is 0 Å². The van der Waals surface area contributed by atoms with Crippen LogP contribution in [0.2, 0.25) is 0 Å². The van der Waals surface area contributed by atoms with Crippen LogP contribution in [-0.4, -0.2) is 0 Å². The zero-order valence-electron chi connectivity index (χ0n) is 12.4. The maximum Gasteiger partial charge on any atom is -0.0222 e. The van der Waals surface area contributed by atoms with Gasteiger partial charge in [0.25, 0.3) is 0 Å². The maximum atomic E-state index is 2.50. The number of hydrogen-bond acceptors (Lipinski definition) is 0. The Kier molecular flexibility index (Phi) is 6.02. The molecule has 0 aliphatic heterocycles. The molecule has 0 fully saturated rings. The molecule has 3 atom stereocenters. The highest BCUT2D eigenvalue weighted by atomic mass is 14.2. The molecule has 1 rings (SSSR count). The normalized spacial score (nSPS) is 31.7. The molecule has 0 nitrogen and oxygen atoms in total. The second-order valence-corrected chi connectivity index (χ2v) is 6.21. The molecular weight excluding hydrogens is 204 g/mol. The highest BCUT2D eigenvalue weighted by Gasteiger charge is 2.17. The van der Waals surface area contributed by atoms with E-state index in [1.165, 1.54) is 32.1 Å². The van der Waals surface area contributed by atoms with Crippen LogP contribution in [0.1, 0.15) is 66.7 Å². The fourth-order valence-corrected chi connectivity index (χ4v) is 3.24. The third-order valence-electron chi connectivity index (χ3n) is 4.09. The summed E-state index contributed by atoms with van der Waals surface area (Å²) in [5, 5.41) is 0. The molecule has 17 heavy (non-hydrogen) atoms. The average molecular weight is 234 g/mol. The lowest BCUT2D eigenvalue weighted by Crippen LogP contribution is -2.13. The van der Waals surface area contributed by atoms with Crippen molar-refractivity contribution < 1.29 is 0 Å². The molecule has 0 heterocycles. The third kappa shape index (κ3) is 5.10. The van der Waals surface area contributed by atoms with Gasteiger partial charge in [-0.15, -0.1) is 0 Å². The molecule has 0 saturated carbocycles. The largest absolute Gasteiger partial charge is 0.0853 e. The van der Waals surface area contributed by atoms with Crippen molar-refractivity contribution in [3.05, 3.63) is 23.3 Å². The molecule has 0 spiro atoms. The van der Waals surface area contributed by atoms with Gasteiger partial charge in [-0.1, -0.05) is 56.9 Å². The Bertz CT molecular complexity index is 282. The molecule has 0 N–H and O–H groups in total. The van der Waals surface area contributed by atoms with E-state index in [1.54, 1.807) is 11.1 Å². The van der Waals surface area contributed by atoms with Crippen molar-refractivity contribution in [3.8, 4) is 0 Å². The number of allylic oxidation sites excluding steroid dienone is 4. The van der Waals surface area contributed by atoms with Gasteiger partial charge >= 0.3 is 0 Å². The van der Waals surface area contributed by atoms with Gasteiger partial charge in [0.05, 0.1) is 0 Å². The lowest BCUT2D eigenvalue weighted by Gasteiger charge is -2.25. The first-order valence-corrected chi connectivity index (χ1v) is 7.35. The first-order chi connectivity index (χ1) is 8.02. The Morgan fingerprint density at radius 2 is 1.82 bits per heavy atom. The molecule has 1 aliphatic rings. The minimum atomic E-state index is 0.709. The van der Waals surface area contributed by atoms with E-state index >= 15 is 0 Å². The summed E-state index contributed by atoms with van der Waals surface area (Å²) < 4.78 is 0. The topological polar surface area (TPSA) is 0 Å². The minimum absolute atomic E-state index is 0.709. The fraction of sp³-hybridized carbons (Fsp3) is 0.765. The lowest BCUT2D eigenvalue weighted by atomic mass is 9.81. The molecular formula is C17H30. The summed E-state index contributed by atoms with van der Waals surface area (Å²) >= 11 is 0. The van der Waals surface area contributed by atoms with Crippen molar-refractivity contribution in [2.45, 2.75) is 66.7 Å². The molecule has 0 radical (unpaired) electrons.